The molecule has 102 valence electrons. The highest BCUT2D eigenvalue weighted by Crippen LogP contribution is 2.14. The van der Waals surface area contributed by atoms with Crippen LogP contribution in [0, 0.1) is 0 Å². The number of methoxy groups -OCH3 is 1. The molecule has 2 rings (SSSR count). The van der Waals surface area contributed by atoms with E-state index in [1.54, 1.807) is 48.2 Å². The smallest absolute Gasteiger partial charge is 0.249 e. The van der Waals surface area contributed by atoms with Gasteiger partial charge >= 0.3 is 0 Å². The number of hydrogen-bond acceptors (Lipinski definition) is 4. The summed E-state index contributed by atoms with van der Waals surface area (Å²) < 4.78 is 8.94. The first-order chi connectivity index (χ1) is 9.10. The number of carbonyl (C=O) groups is 1. The van der Waals surface area contributed by atoms with Crippen LogP contribution in [0.5, 0.6) is 0 Å². The van der Waals surface area contributed by atoms with Gasteiger partial charge in [-0.05, 0) is 22.9 Å². The van der Waals surface area contributed by atoms with Crippen molar-refractivity contribution in [1.82, 2.24) is 19.6 Å². The van der Waals surface area contributed by atoms with Gasteiger partial charge in [-0.2, -0.15) is 10.2 Å². The molecule has 2 aromatic rings. The molecule has 0 aliphatic carbocycles. The molecule has 1 amide bonds. The second kappa shape index (κ2) is 5.98. The van der Waals surface area contributed by atoms with Crippen LogP contribution in [0.25, 0.3) is 0 Å². The van der Waals surface area contributed by atoms with Gasteiger partial charge in [-0.1, -0.05) is 0 Å². The van der Waals surface area contributed by atoms with E-state index in [1.807, 2.05) is 0 Å². The average Bonchev–Trinajstić information content (AvgIpc) is 2.98. The third-order valence-electron chi connectivity index (χ3n) is 2.51. The van der Waals surface area contributed by atoms with Crippen LogP contribution in [0.3, 0.4) is 0 Å². The van der Waals surface area contributed by atoms with E-state index in [-0.39, 0.29) is 5.91 Å². The molecule has 0 aliphatic heterocycles. The number of amides is 1. The highest BCUT2D eigenvalue weighted by Gasteiger charge is 2.16. The molecule has 2 aromatic heterocycles. The molecule has 0 radical (unpaired) electrons. The molecule has 0 saturated carbocycles. The Morgan fingerprint density at radius 3 is 2.89 bits per heavy atom. The number of anilines is 1. The van der Waals surface area contributed by atoms with Crippen molar-refractivity contribution < 1.29 is 9.53 Å². The summed E-state index contributed by atoms with van der Waals surface area (Å²) >= 11 is 3.29. The second-order valence-electron chi connectivity index (χ2n) is 3.99. The SMILES string of the molecule is COCn1cc(NC(=O)C(C)n2cc(Br)cn2)cn1. The maximum atomic E-state index is 12.0. The van der Waals surface area contributed by atoms with E-state index < -0.39 is 6.04 Å². The van der Waals surface area contributed by atoms with Gasteiger partial charge in [-0.15, -0.1) is 0 Å². The number of hydrogen-bond donors (Lipinski definition) is 1. The van der Waals surface area contributed by atoms with Gasteiger partial charge in [0.25, 0.3) is 0 Å². The number of aromatic nitrogens is 4. The molecule has 7 nitrogen and oxygen atoms in total. The number of carbonyl (C=O) groups excluding carboxylic acids is 1. The lowest BCUT2D eigenvalue weighted by Gasteiger charge is -2.11. The summed E-state index contributed by atoms with van der Waals surface area (Å²) in [5.74, 6) is -0.160. The molecule has 1 atom stereocenters. The van der Waals surface area contributed by atoms with Gasteiger partial charge in [0.2, 0.25) is 5.91 Å². The predicted molar refractivity (Wildman–Crippen MR) is 72.5 cm³/mol. The van der Waals surface area contributed by atoms with E-state index in [1.165, 1.54) is 0 Å². The van der Waals surface area contributed by atoms with Crippen LogP contribution in [0.1, 0.15) is 13.0 Å². The zero-order valence-corrected chi connectivity index (χ0v) is 12.2. The van der Waals surface area contributed by atoms with Gasteiger partial charge in [0.1, 0.15) is 12.8 Å². The van der Waals surface area contributed by atoms with Gasteiger partial charge < -0.3 is 10.1 Å². The van der Waals surface area contributed by atoms with Crippen LogP contribution >= 0.6 is 15.9 Å². The van der Waals surface area contributed by atoms with Crippen molar-refractivity contribution in [3.05, 3.63) is 29.3 Å². The van der Waals surface area contributed by atoms with E-state index in [4.69, 9.17) is 4.74 Å². The van der Waals surface area contributed by atoms with E-state index in [9.17, 15) is 4.79 Å². The fraction of sp³-hybridized carbons (Fsp3) is 0.364. The minimum absolute atomic E-state index is 0.160. The first kappa shape index (κ1) is 13.8. The minimum atomic E-state index is -0.405. The lowest BCUT2D eigenvalue weighted by atomic mass is 10.3. The van der Waals surface area contributed by atoms with Crippen molar-refractivity contribution in [1.29, 1.82) is 0 Å². The Balaban J connectivity index is 1.99. The molecule has 1 unspecified atom stereocenters. The largest absolute Gasteiger partial charge is 0.362 e. The molecule has 2 heterocycles. The topological polar surface area (TPSA) is 74.0 Å². The number of nitrogens with zero attached hydrogens (tertiary/aromatic N) is 4. The molecule has 0 aliphatic rings. The quantitative estimate of drug-likeness (QED) is 0.906. The minimum Gasteiger partial charge on any atom is -0.362 e. The Kier molecular flexibility index (Phi) is 4.33. The molecular formula is C11H14BrN5O2. The van der Waals surface area contributed by atoms with Gasteiger partial charge in [-0.3, -0.25) is 9.48 Å². The second-order valence-corrected chi connectivity index (χ2v) is 4.91. The fourth-order valence-corrected chi connectivity index (χ4v) is 1.83. The number of nitrogens with one attached hydrogen (secondary N) is 1. The third-order valence-corrected chi connectivity index (χ3v) is 2.92. The predicted octanol–water partition coefficient (Wildman–Crippen LogP) is 1.65. The monoisotopic (exact) mass is 327 g/mol. The Labute approximate surface area is 118 Å². The number of rotatable bonds is 5. The first-order valence-electron chi connectivity index (χ1n) is 5.62. The Bertz CT molecular complexity index is 565. The van der Waals surface area contributed by atoms with E-state index in [0.29, 0.717) is 12.4 Å². The summed E-state index contributed by atoms with van der Waals surface area (Å²) in [6.07, 6.45) is 6.66. The van der Waals surface area contributed by atoms with E-state index in [2.05, 4.69) is 31.4 Å². The zero-order chi connectivity index (χ0) is 13.8. The summed E-state index contributed by atoms with van der Waals surface area (Å²) in [7, 11) is 1.58. The highest BCUT2D eigenvalue weighted by atomic mass is 79.9. The lowest BCUT2D eigenvalue weighted by molar-refractivity contribution is -0.119. The zero-order valence-electron chi connectivity index (χ0n) is 10.6. The Morgan fingerprint density at radius 1 is 1.47 bits per heavy atom. The molecule has 0 bridgehead atoms. The van der Waals surface area contributed by atoms with Crippen LogP contribution in [0.15, 0.2) is 29.3 Å². The van der Waals surface area contributed by atoms with Crippen molar-refractivity contribution in [2.75, 3.05) is 12.4 Å². The van der Waals surface area contributed by atoms with Gasteiger partial charge in [0.15, 0.2) is 0 Å². The van der Waals surface area contributed by atoms with E-state index >= 15 is 0 Å². The summed E-state index contributed by atoms with van der Waals surface area (Å²) in [5, 5.41) is 10.9. The molecule has 8 heteroatoms. The standard InChI is InChI=1S/C11H14BrN5O2/c1-8(17-5-9(12)3-14-17)11(18)15-10-4-13-16(6-10)7-19-2/h3-6,8H,7H2,1-2H3,(H,15,18). The molecule has 19 heavy (non-hydrogen) atoms. The third kappa shape index (κ3) is 3.42. The first-order valence-corrected chi connectivity index (χ1v) is 6.41. The van der Waals surface area contributed by atoms with Gasteiger partial charge in [-0.25, -0.2) is 4.68 Å². The van der Waals surface area contributed by atoms with Crippen LogP contribution in [0.2, 0.25) is 0 Å². The summed E-state index contributed by atoms with van der Waals surface area (Å²) in [6.45, 7) is 2.12. The number of halogens is 1. The highest BCUT2D eigenvalue weighted by molar-refractivity contribution is 9.10. The van der Waals surface area contributed by atoms with Gasteiger partial charge in [0.05, 0.1) is 28.8 Å². The molecule has 0 spiro atoms. The molecule has 0 aromatic carbocycles. The molecule has 0 saturated heterocycles. The van der Waals surface area contributed by atoms with Crippen LogP contribution < -0.4 is 5.32 Å². The van der Waals surface area contributed by atoms with Crippen molar-refractivity contribution in [2.24, 2.45) is 0 Å². The molecule has 1 N–H and O–H groups in total. The van der Waals surface area contributed by atoms with Gasteiger partial charge in [0, 0.05) is 13.3 Å². The Morgan fingerprint density at radius 2 is 2.26 bits per heavy atom. The molecular weight excluding hydrogens is 314 g/mol. The van der Waals surface area contributed by atoms with Crippen molar-refractivity contribution in [2.45, 2.75) is 19.7 Å². The van der Waals surface area contributed by atoms with Crippen molar-refractivity contribution in [3.63, 3.8) is 0 Å². The summed E-state index contributed by atoms with van der Waals surface area (Å²) in [4.78, 5) is 12.0. The van der Waals surface area contributed by atoms with Crippen molar-refractivity contribution in [3.8, 4) is 0 Å². The van der Waals surface area contributed by atoms with E-state index in [0.717, 1.165) is 4.47 Å². The normalized spacial score (nSPS) is 12.4. The molecule has 0 fully saturated rings. The maximum absolute atomic E-state index is 12.0. The van der Waals surface area contributed by atoms with Crippen molar-refractivity contribution >= 4 is 27.5 Å². The average molecular weight is 328 g/mol. The number of ether oxygens (including phenoxy) is 1. The fourth-order valence-electron chi connectivity index (χ4n) is 1.52. The lowest BCUT2D eigenvalue weighted by Crippen LogP contribution is -2.23. The van der Waals surface area contributed by atoms with Crippen LogP contribution in [-0.2, 0) is 16.3 Å². The van der Waals surface area contributed by atoms with Crippen LogP contribution in [0.4, 0.5) is 5.69 Å². The summed E-state index contributed by atoms with van der Waals surface area (Å²) in [5.41, 5.74) is 0.625. The maximum Gasteiger partial charge on any atom is 0.249 e. The summed E-state index contributed by atoms with van der Waals surface area (Å²) in [6, 6.07) is -0.405. The Hall–Kier alpha value is -1.67. The van der Waals surface area contributed by atoms with Crippen LogP contribution in [-0.4, -0.2) is 32.6 Å².